The predicted molar refractivity (Wildman–Crippen MR) is 58.8 cm³/mol. The van der Waals surface area contributed by atoms with Crippen LogP contribution in [0, 0.1) is 0 Å². The molecule has 1 aliphatic heterocycles. The molecule has 3 N–H and O–H groups in total. The second-order valence-corrected chi connectivity index (χ2v) is 4.16. The lowest BCUT2D eigenvalue weighted by atomic mass is 10.2. The quantitative estimate of drug-likeness (QED) is 0.638. The molecule has 1 aromatic rings. The van der Waals surface area contributed by atoms with E-state index in [-0.39, 0.29) is 18.8 Å². The second-order valence-electron chi connectivity index (χ2n) is 4.16. The lowest BCUT2D eigenvalue weighted by molar-refractivity contribution is -0.141. The van der Waals surface area contributed by atoms with Crippen molar-refractivity contribution in [2.24, 2.45) is 0 Å². The fourth-order valence-electron chi connectivity index (χ4n) is 1.95. The van der Waals surface area contributed by atoms with Crippen LogP contribution in [0.15, 0.2) is 0 Å². The van der Waals surface area contributed by atoms with Gasteiger partial charge in [-0.15, -0.1) is 5.10 Å². The summed E-state index contributed by atoms with van der Waals surface area (Å²) in [6.45, 7) is 1.85. The molecule has 1 unspecified atom stereocenters. The van der Waals surface area contributed by atoms with E-state index >= 15 is 0 Å². The first-order valence-corrected chi connectivity index (χ1v) is 5.66. The van der Waals surface area contributed by atoms with E-state index in [9.17, 15) is 14.7 Å². The number of rotatable bonds is 3. The molecule has 0 saturated carbocycles. The van der Waals surface area contributed by atoms with Crippen LogP contribution >= 0.6 is 0 Å². The number of carbonyl (C=O) groups excluding carboxylic acids is 1. The minimum Gasteiger partial charge on any atom is -0.480 e. The summed E-state index contributed by atoms with van der Waals surface area (Å²) in [4.78, 5) is 28.1. The maximum atomic E-state index is 12.0. The van der Waals surface area contributed by atoms with Crippen LogP contribution in [0.3, 0.4) is 0 Å². The smallest absolute Gasteiger partial charge is 0.326 e. The lowest BCUT2D eigenvalue weighted by Gasteiger charge is -2.19. The highest BCUT2D eigenvalue weighted by Crippen LogP contribution is 2.19. The Bertz CT molecular complexity index is 472. The van der Waals surface area contributed by atoms with Gasteiger partial charge in [0, 0.05) is 19.4 Å². The molecule has 1 fully saturated rings. The molecule has 0 spiro atoms. The number of H-pyrrole nitrogens is 1. The fraction of sp³-hybridized carbons (Fsp3) is 0.600. The predicted octanol–water partition coefficient (Wildman–Crippen LogP) is -0.973. The minimum absolute atomic E-state index is 0.00814. The number of aromatic amines is 1. The molecule has 2 heterocycles. The third-order valence-corrected chi connectivity index (χ3v) is 2.88. The van der Waals surface area contributed by atoms with Crippen molar-refractivity contribution in [3.8, 4) is 0 Å². The summed E-state index contributed by atoms with van der Waals surface area (Å²) in [5, 5.41) is 24.8. The standard InChI is InChI=1S/C10H14N4O4/c1-2-7-11-8(13-12-7)9(16)14-4-5(15)3-6(14)10(17)18/h5-6,15H,2-4H2,1H3,(H,17,18)(H,11,12,13)/t5?,6-/m0/s1. The van der Waals surface area contributed by atoms with Gasteiger partial charge in [-0.05, 0) is 0 Å². The van der Waals surface area contributed by atoms with Gasteiger partial charge in [0.1, 0.15) is 11.9 Å². The molecule has 0 aliphatic carbocycles. The van der Waals surface area contributed by atoms with Crippen LogP contribution in [-0.4, -0.2) is 60.9 Å². The molecule has 1 aliphatic rings. The highest BCUT2D eigenvalue weighted by Gasteiger charge is 2.40. The van der Waals surface area contributed by atoms with Crippen molar-refractivity contribution in [2.45, 2.75) is 31.9 Å². The third-order valence-electron chi connectivity index (χ3n) is 2.88. The number of hydrogen-bond donors (Lipinski definition) is 3. The van der Waals surface area contributed by atoms with Crippen molar-refractivity contribution in [2.75, 3.05) is 6.54 Å². The van der Waals surface area contributed by atoms with E-state index in [0.29, 0.717) is 12.2 Å². The number of hydrogen-bond acceptors (Lipinski definition) is 5. The molecule has 0 aromatic carbocycles. The summed E-state index contributed by atoms with van der Waals surface area (Å²) in [7, 11) is 0. The van der Waals surface area contributed by atoms with E-state index in [1.165, 1.54) is 0 Å². The first-order chi connectivity index (χ1) is 8.52. The number of amides is 1. The van der Waals surface area contributed by atoms with E-state index in [4.69, 9.17) is 5.11 Å². The molecule has 1 amide bonds. The monoisotopic (exact) mass is 254 g/mol. The van der Waals surface area contributed by atoms with Crippen LogP contribution in [0.4, 0.5) is 0 Å². The number of aliphatic hydroxyl groups excluding tert-OH is 1. The Balaban J connectivity index is 2.19. The van der Waals surface area contributed by atoms with Crippen molar-refractivity contribution in [1.82, 2.24) is 20.1 Å². The molecule has 18 heavy (non-hydrogen) atoms. The average molecular weight is 254 g/mol. The maximum Gasteiger partial charge on any atom is 0.326 e. The zero-order chi connectivity index (χ0) is 13.3. The van der Waals surface area contributed by atoms with E-state index in [2.05, 4.69) is 15.2 Å². The van der Waals surface area contributed by atoms with E-state index in [1.54, 1.807) is 0 Å². The van der Waals surface area contributed by atoms with Crippen molar-refractivity contribution in [3.63, 3.8) is 0 Å². The average Bonchev–Trinajstić information content (AvgIpc) is 2.94. The largest absolute Gasteiger partial charge is 0.480 e. The van der Waals surface area contributed by atoms with E-state index in [1.807, 2.05) is 6.92 Å². The van der Waals surface area contributed by atoms with Crippen LogP contribution in [0.25, 0.3) is 0 Å². The number of aliphatic hydroxyl groups is 1. The fourth-order valence-corrected chi connectivity index (χ4v) is 1.95. The third kappa shape index (κ3) is 2.19. The van der Waals surface area contributed by atoms with Gasteiger partial charge >= 0.3 is 5.97 Å². The Morgan fingerprint density at radius 1 is 1.56 bits per heavy atom. The normalized spacial score (nSPS) is 23.3. The number of carbonyl (C=O) groups is 2. The highest BCUT2D eigenvalue weighted by atomic mass is 16.4. The molecular weight excluding hydrogens is 240 g/mol. The molecule has 0 bridgehead atoms. The SMILES string of the molecule is CCc1nc(C(=O)N2CC(O)C[C@H]2C(=O)O)n[nH]1. The molecule has 2 atom stereocenters. The van der Waals surface area contributed by atoms with Gasteiger partial charge in [0.05, 0.1) is 6.10 Å². The van der Waals surface area contributed by atoms with Crippen molar-refractivity contribution >= 4 is 11.9 Å². The van der Waals surface area contributed by atoms with Gasteiger partial charge in [-0.25, -0.2) is 9.78 Å². The Labute approximate surface area is 103 Å². The van der Waals surface area contributed by atoms with Crippen molar-refractivity contribution in [1.29, 1.82) is 0 Å². The van der Waals surface area contributed by atoms with Gasteiger partial charge in [0.15, 0.2) is 0 Å². The van der Waals surface area contributed by atoms with Crippen molar-refractivity contribution in [3.05, 3.63) is 11.6 Å². The Morgan fingerprint density at radius 2 is 2.28 bits per heavy atom. The van der Waals surface area contributed by atoms with Gasteiger partial charge in [-0.1, -0.05) is 6.92 Å². The minimum atomic E-state index is -1.13. The summed E-state index contributed by atoms with van der Waals surface area (Å²) in [6, 6.07) is -1.02. The van der Waals surface area contributed by atoms with Crippen LogP contribution in [0.5, 0.6) is 0 Å². The number of aromatic nitrogens is 3. The number of likely N-dealkylation sites (tertiary alicyclic amines) is 1. The molecular formula is C10H14N4O4. The summed E-state index contributed by atoms with van der Waals surface area (Å²) < 4.78 is 0. The molecule has 8 heteroatoms. The number of aryl methyl sites for hydroxylation is 1. The number of β-amino-alcohol motifs (C(OH)–C–C–N with tert-alkyl or cyclic N) is 1. The number of carboxylic acid groups (broad SMARTS) is 1. The number of carboxylic acids is 1. The van der Waals surface area contributed by atoms with Gasteiger partial charge in [-0.3, -0.25) is 9.89 Å². The Kier molecular flexibility index (Phi) is 3.28. The topological polar surface area (TPSA) is 119 Å². The van der Waals surface area contributed by atoms with Crippen LogP contribution in [0.1, 0.15) is 29.8 Å². The molecule has 0 radical (unpaired) electrons. The van der Waals surface area contributed by atoms with Gasteiger partial charge in [0.2, 0.25) is 5.82 Å². The number of aliphatic carboxylic acids is 1. The van der Waals surface area contributed by atoms with Gasteiger partial charge in [0.25, 0.3) is 5.91 Å². The summed E-state index contributed by atoms with van der Waals surface area (Å²) in [6.07, 6.45) is -0.183. The maximum absolute atomic E-state index is 12.0. The van der Waals surface area contributed by atoms with E-state index in [0.717, 1.165) is 4.90 Å². The van der Waals surface area contributed by atoms with Gasteiger partial charge < -0.3 is 15.1 Å². The first-order valence-electron chi connectivity index (χ1n) is 5.66. The number of nitrogens with one attached hydrogen (secondary N) is 1. The zero-order valence-corrected chi connectivity index (χ0v) is 9.83. The van der Waals surface area contributed by atoms with Crippen LogP contribution in [-0.2, 0) is 11.2 Å². The second kappa shape index (κ2) is 4.73. The summed E-state index contributed by atoms with van der Waals surface area (Å²) in [5.41, 5.74) is 0. The Morgan fingerprint density at radius 3 is 2.83 bits per heavy atom. The first kappa shape index (κ1) is 12.5. The summed E-state index contributed by atoms with van der Waals surface area (Å²) >= 11 is 0. The molecule has 2 rings (SSSR count). The van der Waals surface area contributed by atoms with Crippen LogP contribution in [0.2, 0.25) is 0 Å². The highest BCUT2D eigenvalue weighted by molar-refractivity contribution is 5.94. The molecule has 1 saturated heterocycles. The van der Waals surface area contributed by atoms with E-state index < -0.39 is 24.0 Å². The summed E-state index contributed by atoms with van der Waals surface area (Å²) in [5.74, 6) is -1.21. The Hall–Kier alpha value is -1.96. The zero-order valence-electron chi connectivity index (χ0n) is 9.83. The molecule has 8 nitrogen and oxygen atoms in total. The molecule has 98 valence electrons. The van der Waals surface area contributed by atoms with Crippen molar-refractivity contribution < 1.29 is 19.8 Å². The lowest BCUT2D eigenvalue weighted by Crippen LogP contribution is -2.41. The van der Waals surface area contributed by atoms with Gasteiger partial charge in [-0.2, -0.15) is 0 Å². The van der Waals surface area contributed by atoms with Crippen LogP contribution < -0.4 is 0 Å². The molecule has 1 aromatic heterocycles. The number of nitrogens with zero attached hydrogens (tertiary/aromatic N) is 3.